The van der Waals surface area contributed by atoms with Crippen LogP contribution in [0.15, 0.2) is 61.1 Å². The second-order valence-corrected chi connectivity index (χ2v) is 7.55. The summed E-state index contributed by atoms with van der Waals surface area (Å²) in [6.45, 7) is 0.222. The Balaban J connectivity index is 1.34. The highest BCUT2D eigenvalue weighted by atomic mass is 19.4. The second kappa shape index (κ2) is 8.37. The minimum atomic E-state index is -4.46. The van der Waals surface area contributed by atoms with E-state index >= 15 is 0 Å². The van der Waals surface area contributed by atoms with E-state index in [-0.39, 0.29) is 23.8 Å². The molecule has 0 radical (unpaired) electrons. The molecular formula is C22H20F3N5O2. The number of aromatic nitrogens is 2. The first-order chi connectivity index (χ1) is 15.3. The van der Waals surface area contributed by atoms with Crippen LogP contribution in [-0.4, -0.2) is 27.3 Å². The molecule has 0 spiro atoms. The lowest BCUT2D eigenvalue weighted by Crippen LogP contribution is -2.48. The number of imidazole rings is 1. The summed E-state index contributed by atoms with van der Waals surface area (Å²) in [5.41, 5.74) is -0.177. The third kappa shape index (κ3) is 4.74. The van der Waals surface area contributed by atoms with Crippen molar-refractivity contribution >= 4 is 23.2 Å². The molecule has 1 aliphatic rings. The van der Waals surface area contributed by atoms with Crippen LogP contribution in [-0.2, 0) is 17.5 Å². The van der Waals surface area contributed by atoms with E-state index in [2.05, 4.69) is 25.9 Å². The van der Waals surface area contributed by atoms with E-state index in [0.29, 0.717) is 18.5 Å². The van der Waals surface area contributed by atoms with Gasteiger partial charge in [-0.1, -0.05) is 24.3 Å². The molecule has 166 valence electrons. The Morgan fingerprint density at radius 2 is 1.78 bits per heavy atom. The van der Waals surface area contributed by atoms with Crippen molar-refractivity contribution in [2.75, 3.05) is 5.32 Å². The number of carbonyl (C=O) groups is 2. The molecule has 1 aliphatic carbocycles. The lowest BCUT2D eigenvalue weighted by Gasteiger charge is -2.17. The number of alkyl halides is 3. The lowest BCUT2D eigenvalue weighted by atomic mass is 10.1. The molecule has 4 rings (SSSR count). The van der Waals surface area contributed by atoms with Gasteiger partial charge < -0.3 is 20.9 Å². The van der Waals surface area contributed by atoms with Crippen LogP contribution >= 0.6 is 0 Å². The summed E-state index contributed by atoms with van der Waals surface area (Å²) >= 11 is 0. The number of rotatable bonds is 7. The smallest absolute Gasteiger partial charge is 0.355 e. The quantitative estimate of drug-likeness (QED) is 0.447. The van der Waals surface area contributed by atoms with Crippen molar-refractivity contribution in [3.05, 3.63) is 77.9 Å². The fourth-order valence-corrected chi connectivity index (χ4v) is 3.25. The molecular weight excluding hydrogens is 423 g/mol. The number of amides is 2. The van der Waals surface area contributed by atoms with E-state index in [0.717, 1.165) is 11.6 Å². The maximum Gasteiger partial charge on any atom is 0.418 e. The molecule has 32 heavy (non-hydrogen) atoms. The fourth-order valence-electron chi connectivity index (χ4n) is 3.25. The normalized spacial score (nSPS) is 14.5. The molecule has 1 fully saturated rings. The minimum Gasteiger partial charge on any atom is -0.355 e. The Kier molecular flexibility index (Phi) is 5.60. The summed E-state index contributed by atoms with van der Waals surface area (Å²) in [6.07, 6.45) is -0.611. The van der Waals surface area contributed by atoms with E-state index in [1.807, 2.05) is 0 Å². The monoisotopic (exact) mass is 443 g/mol. The topological polar surface area (TPSA) is 98.9 Å². The number of nitrogens with zero attached hydrogens (tertiary/aromatic N) is 1. The standard InChI is InChI=1S/C22H20F3N5O2/c23-22(24,25)16-3-1-2-4-17(16)29-15-7-5-14(6-8-15)11-27-20(32)21(9-10-21)30-19(31)18-12-26-13-28-18/h1-8,12-13,29H,9-11H2,(H,26,28)(H,27,32)(H,30,31). The number of para-hydroxylation sites is 1. The van der Waals surface area contributed by atoms with Crippen molar-refractivity contribution in [2.24, 2.45) is 0 Å². The average Bonchev–Trinajstić information content (AvgIpc) is 3.33. The summed E-state index contributed by atoms with van der Waals surface area (Å²) in [5, 5.41) is 8.31. The van der Waals surface area contributed by atoms with Crippen LogP contribution in [0.3, 0.4) is 0 Å². The molecule has 4 N–H and O–H groups in total. The number of aromatic amines is 1. The lowest BCUT2D eigenvalue weighted by molar-refractivity contribution is -0.137. The first-order valence-electron chi connectivity index (χ1n) is 9.88. The van der Waals surface area contributed by atoms with E-state index in [1.165, 1.54) is 30.7 Å². The molecule has 2 amide bonds. The van der Waals surface area contributed by atoms with Gasteiger partial charge in [0.1, 0.15) is 11.2 Å². The summed E-state index contributed by atoms with van der Waals surface area (Å²) in [7, 11) is 0. The number of anilines is 2. The number of carbonyl (C=O) groups excluding carboxylic acids is 2. The maximum absolute atomic E-state index is 13.1. The molecule has 0 bridgehead atoms. The van der Waals surface area contributed by atoms with Crippen LogP contribution in [0.5, 0.6) is 0 Å². The van der Waals surface area contributed by atoms with Gasteiger partial charge in [0.05, 0.1) is 23.8 Å². The van der Waals surface area contributed by atoms with Gasteiger partial charge in [0.2, 0.25) is 5.91 Å². The van der Waals surface area contributed by atoms with Crippen LogP contribution in [0.1, 0.15) is 34.5 Å². The zero-order chi connectivity index (χ0) is 22.8. The van der Waals surface area contributed by atoms with Crippen molar-refractivity contribution in [3.63, 3.8) is 0 Å². The Labute approximate surface area is 181 Å². The van der Waals surface area contributed by atoms with Crippen molar-refractivity contribution in [2.45, 2.75) is 31.1 Å². The van der Waals surface area contributed by atoms with Gasteiger partial charge in [-0.25, -0.2) is 4.98 Å². The number of hydrogen-bond acceptors (Lipinski definition) is 4. The number of nitrogens with one attached hydrogen (secondary N) is 4. The zero-order valence-electron chi connectivity index (χ0n) is 16.8. The van der Waals surface area contributed by atoms with Gasteiger partial charge in [-0.15, -0.1) is 0 Å². The minimum absolute atomic E-state index is 0.0373. The van der Waals surface area contributed by atoms with Gasteiger partial charge in [-0.3, -0.25) is 9.59 Å². The molecule has 3 aromatic rings. The molecule has 7 nitrogen and oxygen atoms in total. The van der Waals surface area contributed by atoms with E-state index < -0.39 is 23.2 Å². The predicted octanol–water partition coefficient (Wildman–Crippen LogP) is 3.75. The van der Waals surface area contributed by atoms with E-state index in [9.17, 15) is 22.8 Å². The number of hydrogen-bond donors (Lipinski definition) is 4. The van der Waals surface area contributed by atoms with Crippen LogP contribution in [0.25, 0.3) is 0 Å². The Bertz CT molecular complexity index is 1110. The van der Waals surface area contributed by atoms with Crippen LogP contribution in [0, 0.1) is 0 Å². The Hall–Kier alpha value is -3.82. The van der Waals surface area contributed by atoms with Gasteiger partial charge in [-0.05, 0) is 42.7 Å². The average molecular weight is 443 g/mol. The molecule has 0 unspecified atom stereocenters. The predicted molar refractivity (Wildman–Crippen MR) is 111 cm³/mol. The molecule has 1 saturated carbocycles. The summed E-state index contributed by atoms with van der Waals surface area (Å²) < 4.78 is 39.4. The van der Waals surface area contributed by atoms with Crippen LogP contribution in [0.4, 0.5) is 24.5 Å². The van der Waals surface area contributed by atoms with E-state index in [4.69, 9.17) is 0 Å². The molecule has 1 heterocycles. The van der Waals surface area contributed by atoms with Crippen molar-refractivity contribution in [1.82, 2.24) is 20.6 Å². The maximum atomic E-state index is 13.1. The van der Waals surface area contributed by atoms with Gasteiger partial charge in [0.25, 0.3) is 5.91 Å². The largest absolute Gasteiger partial charge is 0.418 e. The molecule has 1 aromatic heterocycles. The first kappa shape index (κ1) is 21.4. The van der Waals surface area contributed by atoms with Crippen LogP contribution in [0.2, 0.25) is 0 Å². The summed E-state index contributed by atoms with van der Waals surface area (Å²) in [5.74, 6) is -0.684. The Morgan fingerprint density at radius 3 is 2.41 bits per heavy atom. The highest BCUT2D eigenvalue weighted by Gasteiger charge is 2.51. The summed E-state index contributed by atoms with van der Waals surface area (Å²) in [4.78, 5) is 31.2. The first-order valence-corrected chi connectivity index (χ1v) is 9.88. The summed E-state index contributed by atoms with van der Waals surface area (Å²) in [6, 6.07) is 11.9. The van der Waals surface area contributed by atoms with Crippen molar-refractivity contribution < 1.29 is 22.8 Å². The van der Waals surface area contributed by atoms with Gasteiger partial charge >= 0.3 is 6.18 Å². The molecule has 0 saturated heterocycles. The van der Waals surface area contributed by atoms with Gasteiger partial charge in [0.15, 0.2) is 0 Å². The molecule has 2 aromatic carbocycles. The van der Waals surface area contributed by atoms with Gasteiger partial charge in [-0.2, -0.15) is 13.2 Å². The number of H-pyrrole nitrogens is 1. The van der Waals surface area contributed by atoms with E-state index in [1.54, 1.807) is 24.3 Å². The zero-order valence-corrected chi connectivity index (χ0v) is 16.8. The third-order valence-electron chi connectivity index (χ3n) is 5.20. The van der Waals surface area contributed by atoms with Gasteiger partial charge in [0, 0.05) is 12.2 Å². The highest BCUT2D eigenvalue weighted by molar-refractivity contribution is 5.99. The number of halogens is 3. The van der Waals surface area contributed by atoms with Crippen molar-refractivity contribution in [3.8, 4) is 0 Å². The SMILES string of the molecule is O=C(NC1(C(=O)NCc2ccc(Nc3ccccc3C(F)(F)F)cc2)CC1)c1cnc[nH]1. The highest BCUT2D eigenvalue weighted by Crippen LogP contribution is 2.37. The molecule has 10 heteroatoms. The molecule has 0 aliphatic heterocycles. The van der Waals surface area contributed by atoms with Crippen LogP contribution < -0.4 is 16.0 Å². The fraction of sp³-hybridized carbons (Fsp3) is 0.227. The number of benzene rings is 2. The van der Waals surface area contributed by atoms with Crippen molar-refractivity contribution in [1.29, 1.82) is 0 Å². The third-order valence-corrected chi connectivity index (χ3v) is 5.20. The molecule has 0 atom stereocenters. The Morgan fingerprint density at radius 1 is 1.06 bits per heavy atom. The second-order valence-electron chi connectivity index (χ2n) is 7.55.